The normalized spacial score (nSPS) is 12.4. The second-order valence-electron chi connectivity index (χ2n) is 6.04. The predicted octanol–water partition coefficient (Wildman–Crippen LogP) is 0.824. The summed E-state index contributed by atoms with van der Waals surface area (Å²) in [6.45, 7) is 2.63. The van der Waals surface area contributed by atoms with Gasteiger partial charge in [-0.05, 0) is 12.8 Å². The van der Waals surface area contributed by atoms with Crippen molar-refractivity contribution in [2.24, 2.45) is 5.92 Å². The molecule has 1 unspecified atom stereocenters. The molecule has 0 spiro atoms. The molecule has 138 valence electrons. The molecule has 0 amide bonds. The van der Waals surface area contributed by atoms with Gasteiger partial charge >= 0.3 is 5.97 Å². The molecule has 2 aromatic rings. The molecule has 9 nitrogen and oxygen atoms in total. The highest BCUT2D eigenvalue weighted by Crippen LogP contribution is 2.11. The van der Waals surface area contributed by atoms with E-state index in [4.69, 9.17) is 10.5 Å². The molecule has 2 aromatic heterocycles. The third kappa shape index (κ3) is 5.28. The van der Waals surface area contributed by atoms with E-state index in [9.17, 15) is 14.7 Å². The van der Waals surface area contributed by atoms with E-state index in [0.717, 1.165) is 19.3 Å². The van der Waals surface area contributed by atoms with Crippen LogP contribution in [0.5, 0.6) is 0 Å². The minimum Gasteiger partial charge on any atom is -0.465 e. The molecule has 0 aliphatic heterocycles. The molecule has 0 radical (unpaired) electrons. The summed E-state index contributed by atoms with van der Waals surface area (Å²) in [5, 5.41) is 9.48. The molecule has 2 heterocycles. The maximum Gasteiger partial charge on any atom is 0.305 e. The van der Waals surface area contributed by atoms with Gasteiger partial charge in [0.25, 0.3) is 5.56 Å². The molecule has 0 aliphatic rings. The van der Waals surface area contributed by atoms with Crippen molar-refractivity contribution >= 4 is 23.1 Å². The largest absolute Gasteiger partial charge is 0.465 e. The number of unbranched alkanes of at least 4 members (excludes halogenated alkanes) is 2. The predicted molar refractivity (Wildman–Crippen MR) is 92.9 cm³/mol. The number of nitrogens with zero attached hydrogens (tertiary/aromatic N) is 3. The fourth-order valence-electron chi connectivity index (χ4n) is 2.49. The smallest absolute Gasteiger partial charge is 0.305 e. The number of nitrogens with two attached hydrogens (primary N) is 1. The van der Waals surface area contributed by atoms with Gasteiger partial charge in [-0.2, -0.15) is 4.98 Å². The van der Waals surface area contributed by atoms with Gasteiger partial charge < -0.3 is 20.1 Å². The van der Waals surface area contributed by atoms with Crippen molar-refractivity contribution in [2.75, 3.05) is 18.9 Å². The van der Waals surface area contributed by atoms with E-state index < -0.39 is 0 Å². The highest BCUT2D eigenvalue weighted by Gasteiger charge is 2.14. The molecule has 0 fully saturated rings. The Kier molecular flexibility index (Phi) is 6.93. The summed E-state index contributed by atoms with van der Waals surface area (Å²) in [6.07, 6.45) is 5.34. The molecule has 1 atom stereocenters. The summed E-state index contributed by atoms with van der Waals surface area (Å²) in [7, 11) is 0. The second-order valence-corrected chi connectivity index (χ2v) is 6.04. The minimum atomic E-state index is -0.388. The third-order valence-electron chi connectivity index (χ3n) is 3.99. The molecule has 0 saturated heterocycles. The fourth-order valence-corrected chi connectivity index (χ4v) is 2.49. The summed E-state index contributed by atoms with van der Waals surface area (Å²) in [6, 6.07) is 0. The van der Waals surface area contributed by atoms with Crippen LogP contribution in [0.4, 0.5) is 5.95 Å². The Labute approximate surface area is 145 Å². The number of aliphatic hydroxyl groups is 1. The van der Waals surface area contributed by atoms with Crippen LogP contribution in [0.3, 0.4) is 0 Å². The monoisotopic (exact) mass is 351 g/mol. The van der Waals surface area contributed by atoms with Crippen molar-refractivity contribution in [1.82, 2.24) is 19.5 Å². The van der Waals surface area contributed by atoms with Crippen molar-refractivity contribution in [3.05, 3.63) is 16.7 Å². The zero-order valence-corrected chi connectivity index (χ0v) is 14.4. The standard InChI is InChI=1S/C16H25N5O4/c1-2-3-4-5-12(23)25-9-11(8-22)6-7-21-10-18-13-14(21)19-16(17)20-15(13)24/h10-11,22H,2-9H2,1H3,(H3,17,19,20,24). The second kappa shape index (κ2) is 9.16. The number of aromatic amines is 1. The van der Waals surface area contributed by atoms with Crippen LogP contribution in [0.25, 0.3) is 11.2 Å². The molecule has 4 N–H and O–H groups in total. The van der Waals surface area contributed by atoms with Crippen LogP contribution in [0, 0.1) is 5.92 Å². The Morgan fingerprint density at radius 1 is 1.48 bits per heavy atom. The van der Waals surface area contributed by atoms with Gasteiger partial charge in [0.05, 0.1) is 12.9 Å². The fraction of sp³-hybridized carbons (Fsp3) is 0.625. The number of H-pyrrole nitrogens is 1. The van der Waals surface area contributed by atoms with Crippen molar-refractivity contribution in [1.29, 1.82) is 0 Å². The van der Waals surface area contributed by atoms with Crippen LogP contribution in [-0.4, -0.2) is 43.8 Å². The first-order valence-electron chi connectivity index (χ1n) is 8.52. The van der Waals surface area contributed by atoms with Crippen molar-refractivity contribution in [3.63, 3.8) is 0 Å². The van der Waals surface area contributed by atoms with E-state index in [1.54, 1.807) is 4.57 Å². The number of carbonyl (C=O) groups excluding carboxylic acids is 1. The number of nitrogens with one attached hydrogen (secondary N) is 1. The first kappa shape index (κ1) is 18.9. The SMILES string of the molecule is CCCCCC(=O)OCC(CO)CCn1cnc2c(=O)[nH]c(N)nc21. The van der Waals surface area contributed by atoms with Gasteiger partial charge in [0, 0.05) is 25.5 Å². The Hall–Kier alpha value is -2.42. The zero-order chi connectivity index (χ0) is 18.2. The topological polar surface area (TPSA) is 136 Å². The number of carbonyl (C=O) groups is 1. The Morgan fingerprint density at radius 3 is 3.00 bits per heavy atom. The van der Waals surface area contributed by atoms with Gasteiger partial charge in [-0.1, -0.05) is 19.8 Å². The molecule has 0 aromatic carbocycles. The summed E-state index contributed by atoms with van der Waals surface area (Å²) in [5.74, 6) is -0.396. The van der Waals surface area contributed by atoms with Gasteiger partial charge in [-0.15, -0.1) is 0 Å². The van der Waals surface area contributed by atoms with Gasteiger partial charge in [0.15, 0.2) is 11.2 Å². The van der Waals surface area contributed by atoms with Crippen LogP contribution in [0.15, 0.2) is 11.1 Å². The molecule has 0 aliphatic carbocycles. The first-order valence-corrected chi connectivity index (χ1v) is 8.52. The lowest BCUT2D eigenvalue weighted by atomic mass is 10.1. The highest BCUT2D eigenvalue weighted by molar-refractivity contribution is 5.70. The van der Waals surface area contributed by atoms with Gasteiger partial charge in [0.2, 0.25) is 5.95 Å². The number of aromatic nitrogens is 4. The number of esters is 1. The summed E-state index contributed by atoms with van der Waals surface area (Å²) < 4.78 is 6.92. The van der Waals surface area contributed by atoms with Crippen molar-refractivity contribution in [3.8, 4) is 0 Å². The number of aryl methyl sites for hydroxylation is 1. The average molecular weight is 351 g/mol. The van der Waals surface area contributed by atoms with Crippen LogP contribution >= 0.6 is 0 Å². The number of fused-ring (bicyclic) bond motifs is 1. The zero-order valence-electron chi connectivity index (χ0n) is 14.4. The van der Waals surface area contributed by atoms with Gasteiger partial charge in [-0.25, -0.2) is 4.98 Å². The number of hydrogen-bond acceptors (Lipinski definition) is 7. The number of aliphatic hydroxyl groups excluding tert-OH is 1. The molecular weight excluding hydrogens is 326 g/mol. The number of anilines is 1. The van der Waals surface area contributed by atoms with Crippen molar-refractivity contribution in [2.45, 2.75) is 45.6 Å². The quantitative estimate of drug-likeness (QED) is 0.426. The Bertz CT molecular complexity index is 755. The molecule has 2 rings (SSSR count). The summed E-state index contributed by atoms with van der Waals surface area (Å²) >= 11 is 0. The van der Waals surface area contributed by atoms with E-state index in [1.807, 2.05) is 0 Å². The van der Waals surface area contributed by atoms with Crippen LogP contribution in [0.1, 0.15) is 39.0 Å². The lowest BCUT2D eigenvalue weighted by molar-refractivity contribution is -0.145. The van der Waals surface area contributed by atoms with E-state index >= 15 is 0 Å². The number of ether oxygens (including phenoxy) is 1. The van der Waals surface area contributed by atoms with Crippen LogP contribution in [-0.2, 0) is 16.1 Å². The van der Waals surface area contributed by atoms with E-state index in [1.165, 1.54) is 6.33 Å². The number of hydrogen-bond donors (Lipinski definition) is 3. The Balaban J connectivity index is 1.88. The number of nitrogen functional groups attached to an aromatic ring is 1. The van der Waals surface area contributed by atoms with Gasteiger partial charge in [0.1, 0.15) is 0 Å². The van der Waals surface area contributed by atoms with E-state index in [-0.39, 0.29) is 42.1 Å². The molecule has 9 heteroatoms. The lowest BCUT2D eigenvalue weighted by Crippen LogP contribution is -2.19. The third-order valence-corrected chi connectivity index (χ3v) is 3.99. The van der Waals surface area contributed by atoms with Crippen LogP contribution in [0.2, 0.25) is 0 Å². The van der Waals surface area contributed by atoms with Gasteiger partial charge in [-0.3, -0.25) is 14.6 Å². The highest BCUT2D eigenvalue weighted by atomic mass is 16.5. The number of rotatable bonds is 10. The maximum atomic E-state index is 11.7. The Morgan fingerprint density at radius 2 is 2.28 bits per heavy atom. The summed E-state index contributed by atoms with van der Waals surface area (Å²) in [5.41, 5.74) is 5.79. The average Bonchev–Trinajstić information content (AvgIpc) is 2.98. The van der Waals surface area contributed by atoms with E-state index in [2.05, 4.69) is 21.9 Å². The number of imidazole rings is 1. The molecule has 0 bridgehead atoms. The van der Waals surface area contributed by atoms with Crippen LogP contribution < -0.4 is 11.3 Å². The summed E-state index contributed by atoms with van der Waals surface area (Å²) in [4.78, 5) is 33.9. The van der Waals surface area contributed by atoms with Crippen molar-refractivity contribution < 1.29 is 14.6 Å². The first-order chi connectivity index (χ1) is 12.0. The molecule has 25 heavy (non-hydrogen) atoms. The maximum absolute atomic E-state index is 11.7. The minimum absolute atomic E-state index is 0.0268. The molecular formula is C16H25N5O4. The van der Waals surface area contributed by atoms with E-state index in [0.29, 0.717) is 25.0 Å². The lowest BCUT2D eigenvalue weighted by Gasteiger charge is -2.15. The molecule has 0 saturated carbocycles.